The molecule has 0 radical (unpaired) electrons. The van der Waals surface area contributed by atoms with Gasteiger partial charge in [-0.05, 0) is 86.9 Å². The second-order valence-electron chi connectivity index (χ2n) is 9.54. The number of benzene rings is 2. The van der Waals surface area contributed by atoms with E-state index in [2.05, 4.69) is 28.1 Å². The van der Waals surface area contributed by atoms with E-state index in [0.29, 0.717) is 24.9 Å². The molecule has 1 aliphatic carbocycles. The summed E-state index contributed by atoms with van der Waals surface area (Å²) in [7, 11) is 0. The number of amides is 1. The Morgan fingerprint density at radius 3 is 2.39 bits per heavy atom. The van der Waals surface area contributed by atoms with Crippen molar-refractivity contribution in [3.63, 3.8) is 0 Å². The fourth-order valence-electron chi connectivity index (χ4n) is 4.41. The molecule has 1 unspecified atom stereocenters. The number of hydrogen-bond donors (Lipinski definition) is 0. The van der Waals surface area contributed by atoms with E-state index in [1.54, 1.807) is 26.8 Å². The molecule has 33 heavy (non-hydrogen) atoms. The molecule has 2 aromatic rings. The number of carbonyl (C=O) groups excluding carboxylic acids is 3. The third kappa shape index (κ3) is 5.29. The number of nitrogens with zero attached hydrogens (tertiary/aromatic N) is 1. The first-order valence-electron chi connectivity index (χ1n) is 11.2. The normalized spacial score (nSPS) is 17.2. The van der Waals surface area contributed by atoms with Crippen LogP contribution in [-0.2, 0) is 27.1 Å². The minimum atomic E-state index is -0.716. The van der Waals surface area contributed by atoms with Gasteiger partial charge in [0.1, 0.15) is 11.6 Å². The third-order valence-electron chi connectivity index (χ3n) is 5.95. The lowest BCUT2D eigenvalue weighted by Gasteiger charge is -2.27. The smallest absolute Gasteiger partial charge is 0.411 e. The maximum absolute atomic E-state index is 12.8. The Morgan fingerprint density at radius 2 is 1.70 bits per heavy atom. The molecule has 0 aromatic heterocycles. The molecule has 0 N–H and O–H groups in total. The van der Waals surface area contributed by atoms with Crippen LogP contribution in [0.1, 0.15) is 55.1 Å². The molecule has 1 atom stereocenters. The lowest BCUT2D eigenvalue weighted by atomic mass is 9.84. The lowest BCUT2D eigenvalue weighted by Crippen LogP contribution is -2.44. The van der Waals surface area contributed by atoms with Gasteiger partial charge in [0.2, 0.25) is 0 Å². The summed E-state index contributed by atoms with van der Waals surface area (Å²) in [6, 6.07) is 11.2. The lowest BCUT2D eigenvalue weighted by molar-refractivity contribution is -0.147. The minimum Gasteiger partial charge on any atom is -0.456 e. The molecule has 1 heterocycles. The zero-order chi connectivity index (χ0) is 23.8. The first kappa shape index (κ1) is 23.5. The van der Waals surface area contributed by atoms with Crippen molar-refractivity contribution in [3.05, 3.63) is 57.6 Å². The van der Waals surface area contributed by atoms with E-state index in [-0.39, 0.29) is 12.4 Å². The van der Waals surface area contributed by atoms with Crippen LogP contribution in [0.25, 0.3) is 11.1 Å². The molecule has 4 rings (SSSR count). The first-order valence-corrected chi connectivity index (χ1v) is 12.0. The molecule has 2 aromatic carbocycles. The van der Waals surface area contributed by atoms with E-state index in [1.165, 1.54) is 16.0 Å². The zero-order valence-corrected chi connectivity index (χ0v) is 20.7. The number of hydrogen-bond acceptors (Lipinski definition) is 5. The van der Waals surface area contributed by atoms with Gasteiger partial charge in [0, 0.05) is 16.6 Å². The number of ether oxygens (including phenoxy) is 2. The van der Waals surface area contributed by atoms with Gasteiger partial charge in [0.05, 0.1) is 0 Å². The number of esters is 1. The van der Waals surface area contributed by atoms with Crippen molar-refractivity contribution in [3.8, 4) is 11.1 Å². The maximum Gasteiger partial charge on any atom is 0.411 e. The summed E-state index contributed by atoms with van der Waals surface area (Å²) in [5, 5.41) is 0. The van der Waals surface area contributed by atoms with E-state index in [4.69, 9.17) is 9.47 Å². The SMILES string of the molecule is CC(C)(C)OC(=O)N1CCCC1C(=O)OCC(=O)c1ccc2c(c1)CCc1cc(Br)ccc1-2. The molecule has 7 heteroatoms. The van der Waals surface area contributed by atoms with Crippen molar-refractivity contribution in [1.82, 2.24) is 4.90 Å². The molecule has 0 saturated carbocycles. The number of aryl methyl sites for hydroxylation is 2. The van der Waals surface area contributed by atoms with Crippen molar-refractivity contribution < 1.29 is 23.9 Å². The number of ketones is 1. The molecule has 174 valence electrons. The number of likely N-dealkylation sites (tertiary alicyclic amines) is 1. The van der Waals surface area contributed by atoms with E-state index in [1.807, 2.05) is 18.2 Å². The van der Waals surface area contributed by atoms with Gasteiger partial charge in [0.15, 0.2) is 12.4 Å². The highest BCUT2D eigenvalue weighted by Crippen LogP contribution is 2.35. The second kappa shape index (κ2) is 9.29. The van der Waals surface area contributed by atoms with E-state index >= 15 is 0 Å². The molecule has 1 aliphatic heterocycles. The molecule has 1 saturated heterocycles. The Hall–Kier alpha value is -2.67. The Kier molecular flexibility index (Phi) is 6.61. The van der Waals surface area contributed by atoms with Gasteiger partial charge in [-0.25, -0.2) is 9.59 Å². The van der Waals surface area contributed by atoms with E-state index < -0.39 is 23.7 Å². The summed E-state index contributed by atoms with van der Waals surface area (Å²) in [6.45, 7) is 5.43. The fraction of sp³-hybridized carbons (Fsp3) is 0.423. The van der Waals surface area contributed by atoms with Crippen LogP contribution in [-0.4, -0.2) is 47.5 Å². The maximum atomic E-state index is 12.8. The van der Waals surface area contributed by atoms with Crippen LogP contribution < -0.4 is 0 Å². The second-order valence-corrected chi connectivity index (χ2v) is 10.5. The van der Waals surface area contributed by atoms with Crippen molar-refractivity contribution in [2.45, 2.75) is 58.1 Å². The van der Waals surface area contributed by atoms with Crippen molar-refractivity contribution >= 4 is 33.8 Å². The Labute approximate surface area is 202 Å². The van der Waals surface area contributed by atoms with Gasteiger partial charge >= 0.3 is 12.1 Å². The molecule has 0 bridgehead atoms. The largest absolute Gasteiger partial charge is 0.456 e. The molecule has 6 nitrogen and oxygen atoms in total. The number of fused-ring (bicyclic) bond motifs is 3. The summed E-state index contributed by atoms with van der Waals surface area (Å²) < 4.78 is 11.8. The van der Waals surface area contributed by atoms with Crippen LogP contribution in [0.15, 0.2) is 40.9 Å². The first-order chi connectivity index (χ1) is 15.6. The van der Waals surface area contributed by atoms with Crippen LogP contribution in [0.4, 0.5) is 4.79 Å². The molecule has 2 aliphatic rings. The van der Waals surface area contributed by atoms with E-state index in [9.17, 15) is 14.4 Å². The van der Waals surface area contributed by atoms with Crippen molar-refractivity contribution in [1.29, 1.82) is 0 Å². The highest BCUT2D eigenvalue weighted by molar-refractivity contribution is 9.10. The number of carbonyl (C=O) groups is 3. The average Bonchev–Trinajstić information content (AvgIpc) is 3.25. The third-order valence-corrected chi connectivity index (χ3v) is 6.44. The van der Waals surface area contributed by atoms with Gasteiger partial charge in [-0.2, -0.15) is 0 Å². The fourth-order valence-corrected chi connectivity index (χ4v) is 4.81. The predicted molar refractivity (Wildman–Crippen MR) is 128 cm³/mol. The van der Waals surface area contributed by atoms with Crippen LogP contribution in [0.2, 0.25) is 0 Å². The van der Waals surface area contributed by atoms with Gasteiger partial charge in [0.25, 0.3) is 0 Å². The Morgan fingerprint density at radius 1 is 1.03 bits per heavy atom. The average molecular weight is 514 g/mol. The molecule has 1 fully saturated rings. The number of halogens is 1. The highest BCUT2D eigenvalue weighted by atomic mass is 79.9. The molecule has 1 amide bonds. The van der Waals surface area contributed by atoms with E-state index in [0.717, 1.165) is 28.4 Å². The van der Waals surface area contributed by atoms with Crippen molar-refractivity contribution in [2.24, 2.45) is 0 Å². The van der Waals surface area contributed by atoms with Crippen LogP contribution >= 0.6 is 15.9 Å². The summed E-state index contributed by atoms with van der Waals surface area (Å²) in [4.78, 5) is 39.2. The summed E-state index contributed by atoms with van der Waals surface area (Å²) in [5.74, 6) is -0.821. The van der Waals surface area contributed by atoms with Gasteiger partial charge in [-0.1, -0.05) is 34.1 Å². The molecule has 0 spiro atoms. The Balaban J connectivity index is 1.40. The van der Waals surface area contributed by atoms with Crippen molar-refractivity contribution in [2.75, 3.05) is 13.2 Å². The standard InChI is InChI=1S/C26H28BrNO5/c1-26(2,3)33-25(31)28-12-4-5-22(28)24(30)32-15-23(29)18-8-10-20-16(13-18)6-7-17-14-19(27)9-11-21(17)20/h8-11,13-14,22H,4-7,12,15H2,1-3H3. The monoisotopic (exact) mass is 513 g/mol. The van der Waals surface area contributed by atoms with Gasteiger partial charge in [-0.15, -0.1) is 0 Å². The number of rotatable bonds is 4. The molecular formula is C26H28BrNO5. The van der Waals surface area contributed by atoms with Gasteiger partial charge in [-0.3, -0.25) is 9.69 Å². The molecular weight excluding hydrogens is 486 g/mol. The number of Topliss-reactive ketones (excluding diaryl/α,β-unsaturated/α-hetero) is 1. The highest BCUT2D eigenvalue weighted by Gasteiger charge is 2.37. The summed E-state index contributed by atoms with van der Waals surface area (Å²) in [6.07, 6.45) is 2.43. The summed E-state index contributed by atoms with van der Waals surface area (Å²) in [5.41, 5.74) is 4.61. The van der Waals surface area contributed by atoms with Crippen LogP contribution in [0, 0.1) is 0 Å². The zero-order valence-electron chi connectivity index (χ0n) is 19.2. The van der Waals surface area contributed by atoms with Crippen LogP contribution in [0.3, 0.4) is 0 Å². The summed E-state index contributed by atoms with van der Waals surface area (Å²) >= 11 is 3.52. The van der Waals surface area contributed by atoms with Gasteiger partial charge < -0.3 is 9.47 Å². The topological polar surface area (TPSA) is 72.9 Å². The van der Waals surface area contributed by atoms with Crippen LogP contribution in [0.5, 0.6) is 0 Å². The predicted octanol–water partition coefficient (Wildman–Crippen LogP) is 5.34. The minimum absolute atomic E-state index is 0.255. The Bertz CT molecular complexity index is 1100. The quantitative estimate of drug-likeness (QED) is 0.407.